The monoisotopic (exact) mass is 442 g/mol. The number of benzene rings is 2. The van der Waals surface area contributed by atoms with Crippen molar-refractivity contribution in [1.82, 2.24) is 24.7 Å². The van der Waals surface area contributed by atoms with E-state index < -0.39 is 0 Å². The third kappa shape index (κ3) is 4.17. The fraction of sp³-hybridized carbons (Fsp3) is 0.100. The summed E-state index contributed by atoms with van der Waals surface area (Å²) in [5.41, 5.74) is 3.44. The second kappa shape index (κ2) is 8.32. The molecule has 0 aliphatic rings. The van der Waals surface area contributed by atoms with Gasteiger partial charge >= 0.3 is 0 Å². The molecule has 0 fully saturated rings. The highest BCUT2D eigenvalue weighted by molar-refractivity contribution is 7.71. The average molecular weight is 443 g/mol. The summed E-state index contributed by atoms with van der Waals surface area (Å²) >= 11 is 17.8. The van der Waals surface area contributed by atoms with Crippen LogP contribution in [0, 0.1) is 11.7 Å². The van der Waals surface area contributed by atoms with Crippen molar-refractivity contribution in [3.05, 3.63) is 86.4 Å². The average Bonchev–Trinajstić information content (AvgIpc) is 3.22. The predicted octanol–water partition coefficient (Wildman–Crippen LogP) is 5.35. The molecule has 1 N–H and O–H groups in total. The predicted molar refractivity (Wildman–Crippen MR) is 118 cm³/mol. The molecule has 4 rings (SSSR count). The number of rotatable bonds is 5. The smallest absolute Gasteiger partial charge is 0.216 e. The van der Waals surface area contributed by atoms with Crippen LogP contribution in [0.1, 0.15) is 16.8 Å². The van der Waals surface area contributed by atoms with E-state index in [1.807, 2.05) is 61.5 Å². The minimum absolute atomic E-state index is 0.391. The Morgan fingerprint density at radius 1 is 1.10 bits per heavy atom. The maximum absolute atomic E-state index is 6.57. The Kier molecular flexibility index (Phi) is 5.62. The molecule has 2 aromatic carbocycles. The van der Waals surface area contributed by atoms with Crippen molar-refractivity contribution in [2.24, 2.45) is 5.10 Å². The van der Waals surface area contributed by atoms with Gasteiger partial charge in [0.2, 0.25) is 4.77 Å². The van der Waals surface area contributed by atoms with Gasteiger partial charge in [0, 0.05) is 10.6 Å². The molecule has 6 nitrogen and oxygen atoms in total. The second-order valence-electron chi connectivity index (χ2n) is 6.35. The van der Waals surface area contributed by atoms with E-state index in [0.717, 1.165) is 22.4 Å². The van der Waals surface area contributed by atoms with Crippen molar-refractivity contribution >= 4 is 41.6 Å². The highest BCUT2D eigenvalue weighted by Gasteiger charge is 2.13. The lowest BCUT2D eigenvalue weighted by atomic mass is 10.2. The number of nitrogens with zero attached hydrogens (tertiary/aromatic N) is 5. The van der Waals surface area contributed by atoms with Gasteiger partial charge in [0.15, 0.2) is 5.82 Å². The molecule has 0 unspecified atom stereocenters. The molecule has 0 radical (unpaired) electrons. The minimum atomic E-state index is 0.391. The molecule has 0 spiro atoms. The lowest BCUT2D eigenvalue weighted by Gasteiger charge is -2.04. The number of aromatic nitrogens is 5. The molecular formula is C20H16Cl2N6S. The van der Waals surface area contributed by atoms with Crippen molar-refractivity contribution in [3.8, 4) is 11.4 Å². The van der Waals surface area contributed by atoms with Crippen LogP contribution in [0.15, 0.2) is 59.7 Å². The van der Waals surface area contributed by atoms with E-state index >= 15 is 0 Å². The molecule has 146 valence electrons. The molecule has 0 bridgehead atoms. The summed E-state index contributed by atoms with van der Waals surface area (Å²) in [6, 6.07) is 17.3. The molecular weight excluding hydrogens is 427 g/mol. The lowest BCUT2D eigenvalue weighted by Crippen LogP contribution is -2.02. The number of hydrogen-bond donors (Lipinski definition) is 1. The van der Waals surface area contributed by atoms with Gasteiger partial charge in [-0.3, -0.25) is 0 Å². The maximum atomic E-state index is 6.57. The summed E-state index contributed by atoms with van der Waals surface area (Å²) in [4.78, 5) is 0. The largest absolute Gasteiger partial charge is 0.250 e. The summed E-state index contributed by atoms with van der Waals surface area (Å²) in [5.74, 6) is 0.620. The van der Waals surface area contributed by atoms with Crippen molar-refractivity contribution in [2.45, 2.75) is 13.5 Å². The van der Waals surface area contributed by atoms with Gasteiger partial charge in [-0.25, -0.2) is 9.78 Å². The minimum Gasteiger partial charge on any atom is -0.250 e. The molecule has 2 heterocycles. The van der Waals surface area contributed by atoms with Crippen LogP contribution >= 0.6 is 35.4 Å². The Labute approximate surface area is 182 Å². The van der Waals surface area contributed by atoms with E-state index in [1.165, 1.54) is 0 Å². The molecule has 2 aromatic heterocycles. The van der Waals surface area contributed by atoms with E-state index in [4.69, 9.17) is 35.4 Å². The Balaban J connectivity index is 1.65. The zero-order valence-corrected chi connectivity index (χ0v) is 17.7. The van der Waals surface area contributed by atoms with Crippen LogP contribution in [0.5, 0.6) is 0 Å². The Hall–Kier alpha value is -2.74. The Bertz CT molecular complexity index is 1220. The summed E-state index contributed by atoms with van der Waals surface area (Å²) in [5, 5.41) is 17.3. The topological polar surface area (TPSA) is 63.8 Å². The standard InChI is InChI=1S/C20H16Cl2N6S/c1-13-17(18(22)27(26-13)12-14-7-9-16(21)10-8-14)11-23-28-19(24-25-20(28)29)15-5-3-2-4-6-15/h2-11H,12H2,1H3,(H,25,29)/b23-11+. The first kappa shape index (κ1) is 19.6. The first-order valence-electron chi connectivity index (χ1n) is 8.77. The van der Waals surface area contributed by atoms with E-state index in [2.05, 4.69) is 20.4 Å². The van der Waals surface area contributed by atoms with Gasteiger partial charge < -0.3 is 0 Å². The summed E-state index contributed by atoms with van der Waals surface area (Å²) < 4.78 is 3.69. The van der Waals surface area contributed by atoms with Crippen LogP contribution in [-0.4, -0.2) is 30.9 Å². The van der Waals surface area contributed by atoms with Crippen molar-refractivity contribution in [2.75, 3.05) is 0 Å². The maximum Gasteiger partial charge on any atom is 0.216 e. The van der Waals surface area contributed by atoms with E-state index in [9.17, 15) is 0 Å². The number of H-pyrrole nitrogens is 1. The number of halogens is 2. The third-order valence-corrected chi connectivity index (χ3v) is 5.25. The molecule has 29 heavy (non-hydrogen) atoms. The van der Waals surface area contributed by atoms with Crippen molar-refractivity contribution in [3.63, 3.8) is 0 Å². The van der Waals surface area contributed by atoms with Crippen LogP contribution < -0.4 is 0 Å². The van der Waals surface area contributed by atoms with Gasteiger partial charge in [0.1, 0.15) is 5.15 Å². The normalized spacial score (nSPS) is 11.4. The quantitative estimate of drug-likeness (QED) is 0.334. The SMILES string of the molecule is Cc1nn(Cc2ccc(Cl)cc2)c(Cl)c1/C=N/n1c(-c2ccccc2)n[nH]c1=S. The Morgan fingerprint density at radius 2 is 1.83 bits per heavy atom. The van der Waals surface area contributed by atoms with E-state index in [1.54, 1.807) is 15.6 Å². The highest BCUT2D eigenvalue weighted by atomic mass is 35.5. The van der Waals surface area contributed by atoms with Crippen LogP contribution in [0.4, 0.5) is 0 Å². The first-order valence-corrected chi connectivity index (χ1v) is 9.94. The number of aryl methyl sites for hydroxylation is 1. The van der Waals surface area contributed by atoms with Crippen LogP contribution in [-0.2, 0) is 6.54 Å². The molecule has 9 heteroatoms. The van der Waals surface area contributed by atoms with Crippen molar-refractivity contribution < 1.29 is 0 Å². The van der Waals surface area contributed by atoms with Gasteiger partial charge in [-0.15, -0.1) is 0 Å². The number of hydrogen-bond acceptors (Lipinski definition) is 4. The second-order valence-corrected chi connectivity index (χ2v) is 7.53. The van der Waals surface area contributed by atoms with Crippen LogP contribution in [0.2, 0.25) is 10.2 Å². The first-order chi connectivity index (χ1) is 14.0. The van der Waals surface area contributed by atoms with Crippen LogP contribution in [0.3, 0.4) is 0 Å². The van der Waals surface area contributed by atoms with E-state index in [-0.39, 0.29) is 0 Å². The Morgan fingerprint density at radius 3 is 2.55 bits per heavy atom. The summed E-state index contributed by atoms with van der Waals surface area (Å²) in [6.07, 6.45) is 1.65. The van der Waals surface area contributed by atoms with Gasteiger partial charge in [-0.05, 0) is 36.8 Å². The molecule has 0 aliphatic heterocycles. The lowest BCUT2D eigenvalue weighted by molar-refractivity contribution is 0.680. The molecule has 0 saturated heterocycles. The van der Waals surface area contributed by atoms with Gasteiger partial charge in [0.05, 0.1) is 24.0 Å². The molecule has 0 aliphatic carbocycles. The van der Waals surface area contributed by atoms with Gasteiger partial charge in [-0.2, -0.15) is 20.0 Å². The molecule has 0 saturated carbocycles. The number of nitrogens with one attached hydrogen (secondary N) is 1. The van der Waals surface area contributed by atoms with Gasteiger partial charge in [-0.1, -0.05) is 65.7 Å². The van der Waals surface area contributed by atoms with E-state index in [0.29, 0.717) is 27.3 Å². The fourth-order valence-corrected chi connectivity index (χ4v) is 3.46. The molecule has 0 atom stereocenters. The zero-order chi connectivity index (χ0) is 20.4. The molecule has 4 aromatic rings. The zero-order valence-electron chi connectivity index (χ0n) is 15.4. The highest BCUT2D eigenvalue weighted by Crippen LogP contribution is 2.21. The van der Waals surface area contributed by atoms with Crippen LogP contribution in [0.25, 0.3) is 11.4 Å². The van der Waals surface area contributed by atoms with Gasteiger partial charge in [0.25, 0.3) is 0 Å². The third-order valence-electron chi connectivity index (χ3n) is 4.34. The summed E-state index contributed by atoms with van der Waals surface area (Å²) in [6.45, 7) is 2.42. The van der Waals surface area contributed by atoms with Crippen molar-refractivity contribution in [1.29, 1.82) is 0 Å². The fourth-order valence-electron chi connectivity index (χ4n) is 2.87. The molecule has 0 amide bonds. The number of aromatic amines is 1. The summed E-state index contributed by atoms with van der Waals surface area (Å²) in [7, 11) is 0.